The zero-order valence-electron chi connectivity index (χ0n) is 12.8. The Kier molecular flexibility index (Phi) is 2.99. The minimum Gasteiger partial charge on any atom is -0.310 e. The number of aromatic nitrogens is 5. The Morgan fingerprint density at radius 2 is 2.05 bits per heavy atom. The van der Waals surface area contributed by atoms with E-state index < -0.39 is 0 Å². The van der Waals surface area contributed by atoms with Crippen molar-refractivity contribution in [2.45, 2.75) is 39.2 Å². The fourth-order valence-corrected chi connectivity index (χ4v) is 3.66. The molecule has 4 rings (SSSR count). The van der Waals surface area contributed by atoms with Gasteiger partial charge in [-0.15, -0.1) is 10.2 Å². The molecule has 0 bridgehead atoms. The van der Waals surface area contributed by atoms with Crippen molar-refractivity contribution < 1.29 is 0 Å². The molecule has 1 aliphatic carbocycles. The van der Waals surface area contributed by atoms with Gasteiger partial charge in [0, 0.05) is 18.3 Å². The molecule has 1 saturated carbocycles. The monoisotopic (exact) mass is 297 g/mol. The predicted octanol–water partition coefficient (Wildman–Crippen LogP) is 2.44. The molecule has 0 saturated heterocycles. The molecular weight excluding hydrogens is 278 g/mol. The van der Waals surface area contributed by atoms with Gasteiger partial charge in [0.15, 0.2) is 11.2 Å². The van der Waals surface area contributed by atoms with Crippen LogP contribution < -0.4 is 5.56 Å². The standard InChI is InChI=1S/C16H19N5O/c1-10-4-3-5-12(11(10)2)20-9-7-13-15(16(20)22)19-18-14-6-8-17-21(13)14/h6-12H,3-5H2,1-2H3/t10-,11-,12-/m1/s1. The summed E-state index contributed by atoms with van der Waals surface area (Å²) >= 11 is 0. The van der Waals surface area contributed by atoms with E-state index in [-0.39, 0.29) is 11.6 Å². The molecule has 3 aromatic heterocycles. The highest BCUT2D eigenvalue weighted by molar-refractivity contribution is 5.74. The molecule has 3 aromatic rings. The molecule has 114 valence electrons. The van der Waals surface area contributed by atoms with Crippen LogP contribution in [0.15, 0.2) is 29.3 Å². The molecule has 3 heterocycles. The van der Waals surface area contributed by atoms with Crippen LogP contribution in [0.25, 0.3) is 16.7 Å². The van der Waals surface area contributed by atoms with Crippen molar-refractivity contribution in [1.82, 2.24) is 24.4 Å². The first kappa shape index (κ1) is 13.4. The van der Waals surface area contributed by atoms with Gasteiger partial charge in [-0.05, 0) is 24.3 Å². The third kappa shape index (κ3) is 1.86. The van der Waals surface area contributed by atoms with Gasteiger partial charge in [0.1, 0.15) is 5.52 Å². The second kappa shape index (κ2) is 4.90. The molecule has 1 aliphatic rings. The fraction of sp³-hybridized carbons (Fsp3) is 0.500. The minimum absolute atomic E-state index is 0.0617. The highest BCUT2D eigenvalue weighted by Gasteiger charge is 2.29. The van der Waals surface area contributed by atoms with Crippen molar-refractivity contribution in [3.63, 3.8) is 0 Å². The summed E-state index contributed by atoms with van der Waals surface area (Å²) in [5, 5.41) is 12.4. The average molecular weight is 297 g/mol. The molecule has 0 amide bonds. The summed E-state index contributed by atoms with van der Waals surface area (Å²) in [6.07, 6.45) is 7.03. The van der Waals surface area contributed by atoms with Crippen LogP contribution in [0.1, 0.15) is 39.2 Å². The summed E-state index contributed by atoms with van der Waals surface area (Å²) in [5.41, 5.74) is 1.70. The van der Waals surface area contributed by atoms with Gasteiger partial charge in [-0.1, -0.05) is 26.7 Å². The van der Waals surface area contributed by atoms with Gasteiger partial charge in [0.05, 0.1) is 6.20 Å². The lowest BCUT2D eigenvalue weighted by Gasteiger charge is -2.35. The van der Waals surface area contributed by atoms with Crippen LogP contribution >= 0.6 is 0 Å². The molecule has 1 fully saturated rings. The maximum absolute atomic E-state index is 12.9. The molecule has 0 N–H and O–H groups in total. The number of rotatable bonds is 1. The van der Waals surface area contributed by atoms with Crippen molar-refractivity contribution in [3.05, 3.63) is 34.9 Å². The molecule has 6 nitrogen and oxygen atoms in total. The number of nitrogens with zero attached hydrogens (tertiary/aromatic N) is 5. The number of hydrogen-bond acceptors (Lipinski definition) is 4. The van der Waals surface area contributed by atoms with Gasteiger partial charge in [-0.25, -0.2) is 4.52 Å². The van der Waals surface area contributed by atoms with Gasteiger partial charge < -0.3 is 4.57 Å². The first-order chi connectivity index (χ1) is 10.7. The van der Waals surface area contributed by atoms with Crippen molar-refractivity contribution >= 4 is 16.7 Å². The van der Waals surface area contributed by atoms with E-state index in [1.807, 2.05) is 16.8 Å². The van der Waals surface area contributed by atoms with Crippen LogP contribution in [0.5, 0.6) is 0 Å². The molecule has 6 heteroatoms. The number of fused-ring (bicyclic) bond motifs is 3. The van der Waals surface area contributed by atoms with E-state index in [1.54, 1.807) is 16.8 Å². The summed E-state index contributed by atoms with van der Waals surface area (Å²) in [6, 6.07) is 3.95. The Balaban J connectivity index is 1.91. The smallest absolute Gasteiger partial charge is 0.280 e. The van der Waals surface area contributed by atoms with E-state index >= 15 is 0 Å². The minimum atomic E-state index is -0.0617. The van der Waals surface area contributed by atoms with Crippen LogP contribution in [-0.4, -0.2) is 24.4 Å². The van der Waals surface area contributed by atoms with Crippen LogP contribution in [0, 0.1) is 11.8 Å². The summed E-state index contributed by atoms with van der Waals surface area (Å²) in [7, 11) is 0. The van der Waals surface area contributed by atoms with E-state index in [2.05, 4.69) is 29.1 Å². The van der Waals surface area contributed by atoms with Crippen molar-refractivity contribution in [2.24, 2.45) is 11.8 Å². The lowest BCUT2D eigenvalue weighted by atomic mass is 9.78. The average Bonchev–Trinajstić information content (AvgIpc) is 3.00. The first-order valence-electron chi connectivity index (χ1n) is 7.88. The van der Waals surface area contributed by atoms with Gasteiger partial charge >= 0.3 is 0 Å². The van der Waals surface area contributed by atoms with E-state index in [0.29, 0.717) is 28.5 Å². The van der Waals surface area contributed by atoms with E-state index in [9.17, 15) is 4.79 Å². The quantitative estimate of drug-likeness (QED) is 0.692. The Morgan fingerprint density at radius 1 is 1.18 bits per heavy atom. The molecular formula is C16H19N5O. The van der Waals surface area contributed by atoms with Crippen molar-refractivity contribution in [3.8, 4) is 0 Å². The Bertz CT molecular complexity index is 896. The second-order valence-corrected chi connectivity index (χ2v) is 6.40. The molecule has 0 unspecified atom stereocenters. The fourth-order valence-electron chi connectivity index (χ4n) is 3.66. The van der Waals surface area contributed by atoms with E-state index in [1.165, 1.54) is 12.8 Å². The predicted molar refractivity (Wildman–Crippen MR) is 83.8 cm³/mol. The SMILES string of the molecule is C[C@@H]1[C@H](C)CCC[C@H]1n1ccc2c(nnc3ccnn32)c1=O. The van der Waals surface area contributed by atoms with Crippen LogP contribution in [0.4, 0.5) is 0 Å². The third-order valence-corrected chi connectivity index (χ3v) is 5.20. The third-order valence-electron chi connectivity index (χ3n) is 5.20. The second-order valence-electron chi connectivity index (χ2n) is 6.40. The van der Waals surface area contributed by atoms with Gasteiger partial charge in [-0.2, -0.15) is 5.10 Å². The summed E-state index contributed by atoms with van der Waals surface area (Å²) in [6.45, 7) is 4.52. The molecule has 0 aliphatic heterocycles. The molecule has 0 spiro atoms. The Morgan fingerprint density at radius 3 is 2.91 bits per heavy atom. The zero-order valence-corrected chi connectivity index (χ0v) is 12.8. The van der Waals surface area contributed by atoms with Crippen molar-refractivity contribution in [2.75, 3.05) is 0 Å². The summed E-state index contributed by atoms with van der Waals surface area (Å²) < 4.78 is 3.52. The highest BCUT2D eigenvalue weighted by atomic mass is 16.1. The van der Waals surface area contributed by atoms with Gasteiger partial charge in [0.25, 0.3) is 5.56 Å². The van der Waals surface area contributed by atoms with Crippen LogP contribution in [0.2, 0.25) is 0 Å². The summed E-state index contributed by atoms with van der Waals surface area (Å²) in [4.78, 5) is 12.9. The molecule has 0 radical (unpaired) electrons. The largest absolute Gasteiger partial charge is 0.310 e. The first-order valence-corrected chi connectivity index (χ1v) is 7.88. The number of pyridine rings is 1. The Labute approximate surface area is 127 Å². The van der Waals surface area contributed by atoms with Crippen molar-refractivity contribution in [1.29, 1.82) is 0 Å². The zero-order chi connectivity index (χ0) is 15.3. The molecule has 3 atom stereocenters. The lowest BCUT2D eigenvalue weighted by molar-refractivity contribution is 0.183. The topological polar surface area (TPSA) is 65.1 Å². The maximum Gasteiger partial charge on any atom is 0.280 e. The number of hydrogen-bond donors (Lipinski definition) is 0. The van der Waals surface area contributed by atoms with Gasteiger partial charge in [0.2, 0.25) is 0 Å². The Hall–Kier alpha value is -2.24. The molecule has 0 aromatic carbocycles. The summed E-state index contributed by atoms with van der Waals surface area (Å²) in [5.74, 6) is 1.13. The maximum atomic E-state index is 12.9. The lowest BCUT2D eigenvalue weighted by Crippen LogP contribution is -2.34. The van der Waals surface area contributed by atoms with E-state index in [4.69, 9.17) is 0 Å². The molecule has 22 heavy (non-hydrogen) atoms. The normalized spacial score (nSPS) is 25.8. The highest BCUT2D eigenvalue weighted by Crippen LogP contribution is 2.36. The van der Waals surface area contributed by atoms with Crippen LogP contribution in [-0.2, 0) is 0 Å². The van der Waals surface area contributed by atoms with E-state index in [0.717, 1.165) is 6.42 Å². The van der Waals surface area contributed by atoms with Gasteiger partial charge in [-0.3, -0.25) is 4.79 Å². The van der Waals surface area contributed by atoms with Crippen LogP contribution in [0.3, 0.4) is 0 Å².